The Bertz CT molecular complexity index is 398. The van der Waals surface area contributed by atoms with Gasteiger partial charge in [-0.15, -0.1) is 0 Å². The molecule has 1 aromatic rings. The molecule has 1 aromatic carbocycles. The highest BCUT2D eigenvalue weighted by Crippen LogP contribution is 2.34. The summed E-state index contributed by atoms with van der Waals surface area (Å²) in [5.74, 6) is 0. The van der Waals surface area contributed by atoms with E-state index in [0.717, 1.165) is 0 Å². The quantitative estimate of drug-likeness (QED) is 0.594. The van der Waals surface area contributed by atoms with Crippen LogP contribution in [-0.4, -0.2) is 0 Å². The fourth-order valence-corrected chi connectivity index (χ4v) is 2.81. The number of hydrogen-bond acceptors (Lipinski definition) is 0. The van der Waals surface area contributed by atoms with E-state index < -0.39 is 0 Å². The fourth-order valence-electron chi connectivity index (χ4n) is 2.81. The Morgan fingerprint density at radius 1 is 1.00 bits per heavy atom. The summed E-state index contributed by atoms with van der Waals surface area (Å²) in [5, 5.41) is 0. The Morgan fingerprint density at radius 2 is 1.82 bits per heavy atom. The second kappa shape index (κ2) is 6.05. The zero-order chi connectivity index (χ0) is 12.1. The molecule has 0 bridgehead atoms. The summed E-state index contributed by atoms with van der Waals surface area (Å²) in [5.41, 5.74) is 6.36. The number of allylic oxidation sites excluding steroid dienone is 2. The Morgan fingerprint density at radius 3 is 2.65 bits per heavy atom. The topological polar surface area (TPSA) is 0 Å². The molecule has 0 aliphatic heterocycles. The standard InChI is InChI=1S/C17H24/c1-3-4-5-6-10-16-14(2)12-13-15-9-7-8-11-17(15)16/h7-9,11H,3-6,10,12-13H2,1-2H3. The summed E-state index contributed by atoms with van der Waals surface area (Å²) in [6.07, 6.45) is 9.23. The smallest absolute Gasteiger partial charge is 0.0193 e. The molecule has 1 aliphatic rings. The largest absolute Gasteiger partial charge is 0.0692 e. The van der Waals surface area contributed by atoms with Crippen LogP contribution in [0.1, 0.15) is 63.5 Å². The molecule has 0 radical (unpaired) electrons. The summed E-state index contributed by atoms with van der Waals surface area (Å²) < 4.78 is 0. The average Bonchev–Trinajstić information content (AvgIpc) is 2.37. The minimum Gasteiger partial charge on any atom is -0.0692 e. The number of benzene rings is 1. The van der Waals surface area contributed by atoms with Gasteiger partial charge in [-0.2, -0.15) is 0 Å². The molecule has 0 N–H and O–H groups in total. The van der Waals surface area contributed by atoms with Gasteiger partial charge in [-0.05, 0) is 49.3 Å². The van der Waals surface area contributed by atoms with Gasteiger partial charge in [0.1, 0.15) is 0 Å². The number of fused-ring (bicyclic) bond motifs is 1. The Labute approximate surface area is 106 Å². The van der Waals surface area contributed by atoms with E-state index in [9.17, 15) is 0 Å². The van der Waals surface area contributed by atoms with E-state index in [4.69, 9.17) is 0 Å². The maximum Gasteiger partial charge on any atom is -0.0193 e. The molecule has 0 heteroatoms. The van der Waals surface area contributed by atoms with E-state index in [2.05, 4.69) is 38.1 Å². The molecule has 0 nitrogen and oxygen atoms in total. The lowest BCUT2D eigenvalue weighted by Gasteiger charge is -2.21. The van der Waals surface area contributed by atoms with Gasteiger partial charge in [-0.1, -0.05) is 56.0 Å². The van der Waals surface area contributed by atoms with E-state index in [-0.39, 0.29) is 0 Å². The van der Waals surface area contributed by atoms with E-state index >= 15 is 0 Å². The molecule has 17 heavy (non-hydrogen) atoms. The molecule has 92 valence electrons. The molecule has 2 rings (SSSR count). The first-order valence-electron chi connectivity index (χ1n) is 7.10. The molecule has 0 unspecified atom stereocenters. The van der Waals surface area contributed by atoms with Crippen LogP contribution in [0, 0.1) is 0 Å². The first kappa shape index (κ1) is 12.4. The van der Waals surface area contributed by atoms with Crippen LogP contribution in [0.15, 0.2) is 29.8 Å². The van der Waals surface area contributed by atoms with Gasteiger partial charge >= 0.3 is 0 Å². The molecule has 1 aliphatic carbocycles. The highest BCUT2D eigenvalue weighted by atomic mass is 14.2. The van der Waals surface area contributed by atoms with Crippen molar-refractivity contribution in [1.29, 1.82) is 0 Å². The lowest BCUT2D eigenvalue weighted by molar-refractivity contribution is 0.675. The van der Waals surface area contributed by atoms with E-state index in [1.165, 1.54) is 50.5 Å². The van der Waals surface area contributed by atoms with Gasteiger partial charge in [-0.25, -0.2) is 0 Å². The lowest BCUT2D eigenvalue weighted by Crippen LogP contribution is -2.03. The first-order valence-corrected chi connectivity index (χ1v) is 7.10. The Kier molecular flexibility index (Phi) is 4.42. The molecule has 0 spiro atoms. The molecule has 0 saturated carbocycles. The molecule has 0 heterocycles. The first-order chi connectivity index (χ1) is 8.33. The van der Waals surface area contributed by atoms with E-state index in [1.807, 2.05) is 0 Å². The molecule has 0 saturated heterocycles. The number of aryl methyl sites for hydroxylation is 1. The summed E-state index contributed by atoms with van der Waals surface area (Å²) in [6, 6.07) is 8.97. The van der Waals surface area contributed by atoms with Gasteiger partial charge in [0.25, 0.3) is 0 Å². The fraction of sp³-hybridized carbons (Fsp3) is 0.529. The van der Waals surface area contributed by atoms with Crippen LogP contribution in [-0.2, 0) is 6.42 Å². The third kappa shape index (κ3) is 3.00. The zero-order valence-electron chi connectivity index (χ0n) is 11.3. The molecule has 0 aromatic heterocycles. The van der Waals surface area contributed by atoms with Crippen molar-refractivity contribution in [3.63, 3.8) is 0 Å². The average molecular weight is 228 g/mol. The summed E-state index contributed by atoms with van der Waals surface area (Å²) in [6.45, 7) is 4.60. The second-order valence-corrected chi connectivity index (χ2v) is 5.23. The van der Waals surface area contributed by atoms with Gasteiger partial charge in [0.15, 0.2) is 0 Å². The minimum absolute atomic E-state index is 1.24. The van der Waals surface area contributed by atoms with Crippen molar-refractivity contribution in [2.75, 3.05) is 0 Å². The van der Waals surface area contributed by atoms with Gasteiger partial charge in [0.2, 0.25) is 0 Å². The molecule has 0 amide bonds. The number of hydrogen-bond donors (Lipinski definition) is 0. The normalized spacial score (nSPS) is 14.9. The van der Waals surface area contributed by atoms with Gasteiger partial charge in [-0.3, -0.25) is 0 Å². The summed E-state index contributed by atoms with van der Waals surface area (Å²) in [7, 11) is 0. The van der Waals surface area contributed by atoms with Crippen LogP contribution in [0.3, 0.4) is 0 Å². The van der Waals surface area contributed by atoms with Crippen molar-refractivity contribution in [2.24, 2.45) is 0 Å². The van der Waals surface area contributed by atoms with Crippen LogP contribution in [0.4, 0.5) is 0 Å². The summed E-state index contributed by atoms with van der Waals surface area (Å²) in [4.78, 5) is 0. The lowest BCUT2D eigenvalue weighted by atomic mass is 9.84. The van der Waals surface area contributed by atoms with E-state index in [1.54, 1.807) is 16.7 Å². The van der Waals surface area contributed by atoms with Gasteiger partial charge < -0.3 is 0 Å². The predicted molar refractivity (Wildman–Crippen MR) is 76.1 cm³/mol. The van der Waals surface area contributed by atoms with Crippen LogP contribution in [0.2, 0.25) is 0 Å². The van der Waals surface area contributed by atoms with Crippen molar-refractivity contribution in [1.82, 2.24) is 0 Å². The maximum atomic E-state index is 2.32. The maximum absolute atomic E-state index is 2.32. The third-order valence-corrected chi connectivity index (χ3v) is 3.91. The molecule has 0 atom stereocenters. The molecular weight excluding hydrogens is 204 g/mol. The summed E-state index contributed by atoms with van der Waals surface area (Å²) >= 11 is 0. The highest BCUT2D eigenvalue weighted by Gasteiger charge is 2.15. The van der Waals surface area contributed by atoms with Gasteiger partial charge in [0, 0.05) is 0 Å². The van der Waals surface area contributed by atoms with Crippen molar-refractivity contribution < 1.29 is 0 Å². The van der Waals surface area contributed by atoms with Crippen LogP contribution in [0.5, 0.6) is 0 Å². The monoisotopic (exact) mass is 228 g/mol. The Balaban J connectivity index is 2.08. The van der Waals surface area contributed by atoms with Crippen molar-refractivity contribution in [3.05, 3.63) is 41.0 Å². The third-order valence-electron chi connectivity index (χ3n) is 3.91. The van der Waals surface area contributed by atoms with Crippen LogP contribution in [0.25, 0.3) is 5.57 Å². The van der Waals surface area contributed by atoms with Crippen LogP contribution < -0.4 is 0 Å². The predicted octanol–water partition coefficient (Wildman–Crippen LogP) is 5.38. The molecule has 0 fully saturated rings. The van der Waals surface area contributed by atoms with Gasteiger partial charge in [0.05, 0.1) is 0 Å². The van der Waals surface area contributed by atoms with Crippen LogP contribution >= 0.6 is 0 Å². The minimum atomic E-state index is 1.24. The highest BCUT2D eigenvalue weighted by molar-refractivity contribution is 5.72. The number of rotatable bonds is 5. The second-order valence-electron chi connectivity index (χ2n) is 5.23. The molecular formula is C17H24. The van der Waals surface area contributed by atoms with Crippen molar-refractivity contribution >= 4 is 5.57 Å². The Hall–Kier alpha value is -1.04. The number of unbranched alkanes of at least 4 members (excludes halogenated alkanes) is 3. The van der Waals surface area contributed by atoms with E-state index in [0.29, 0.717) is 0 Å². The zero-order valence-corrected chi connectivity index (χ0v) is 11.3. The van der Waals surface area contributed by atoms with Crippen molar-refractivity contribution in [3.8, 4) is 0 Å². The SMILES string of the molecule is CCCCCCC1=C(C)CCc2ccccc21. The van der Waals surface area contributed by atoms with Crippen molar-refractivity contribution in [2.45, 2.75) is 58.8 Å².